The second kappa shape index (κ2) is 13.6. The maximum absolute atomic E-state index is 13.8. The molecule has 0 aromatic heterocycles. The Morgan fingerprint density at radius 3 is 2.20 bits per heavy atom. The van der Waals surface area contributed by atoms with E-state index in [9.17, 15) is 18.0 Å². The Balaban J connectivity index is 1.55. The molecule has 1 aliphatic rings. The zero-order valence-corrected chi connectivity index (χ0v) is 23.8. The highest BCUT2D eigenvalue weighted by atomic mass is 32.2. The van der Waals surface area contributed by atoms with Crippen molar-refractivity contribution in [3.63, 3.8) is 0 Å². The van der Waals surface area contributed by atoms with Crippen molar-refractivity contribution in [2.75, 3.05) is 13.7 Å². The Kier molecular flexibility index (Phi) is 9.95. The highest BCUT2D eigenvalue weighted by Gasteiger charge is 2.31. The Hall–Kier alpha value is -3.69. The van der Waals surface area contributed by atoms with Crippen molar-refractivity contribution >= 4 is 21.8 Å². The largest absolute Gasteiger partial charge is 0.497 e. The molecule has 9 heteroatoms. The van der Waals surface area contributed by atoms with Gasteiger partial charge in [-0.05, 0) is 66.6 Å². The number of aryl methyl sites for hydroxylation is 1. The van der Waals surface area contributed by atoms with Crippen LogP contribution in [0.2, 0.25) is 0 Å². The van der Waals surface area contributed by atoms with E-state index in [1.165, 1.54) is 0 Å². The normalized spacial score (nSPS) is 13.8. The van der Waals surface area contributed by atoms with E-state index < -0.39 is 16.1 Å². The number of benzene rings is 3. The number of amides is 2. The molecule has 40 heavy (non-hydrogen) atoms. The fraction of sp³-hybridized carbons (Fsp3) is 0.355. The highest BCUT2D eigenvalue weighted by molar-refractivity contribution is 7.89. The maximum atomic E-state index is 13.8. The van der Waals surface area contributed by atoms with Crippen molar-refractivity contribution in [1.29, 1.82) is 0 Å². The Bertz CT molecular complexity index is 1370. The molecule has 4 rings (SSSR count). The molecule has 0 aliphatic heterocycles. The molecule has 0 radical (unpaired) electrons. The minimum atomic E-state index is -3.54. The standard InChI is InChI=1S/C31H37N3O5S/c1-3-21-32-31(36)30(25-7-5-4-6-8-25)34(22-24-9-16-27(39-2)17-10-24)29(35)20-13-23-11-18-28(19-12-23)40(37,38)33-26-14-15-26/h4-12,16-19,26,30,33H,3,13-15,20-22H2,1-2H3,(H,32,36)/t30-/m1/s1. The van der Waals surface area contributed by atoms with Crippen molar-refractivity contribution in [1.82, 2.24) is 14.9 Å². The summed E-state index contributed by atoms with van der Waals surface area (Å²) in [5, 5.41) is 2.97. The van der Waals surface area contributed by atoms with Gasteiger partial charge in [0.15, 0.2) is 0 Å². The second-order valence-corrected chi connectivity index (χ2v) is 11.7. The predicted molar refractivity (Wildman–Crippen MR) is 154 cm³/mol. The van der Waals surface area contributed by atoms with Gasteiger partial charge in [0, 0.05) is 25.6 Å². The van der Waals surface area contributed by atoms with Crippen LogP contribution >= 0.6 is 0 Å². The van der Waals surface area contributed by atoms with Crippen molar-refractivity contribution in [2.45, 2.75) is 62.6 Å². The SMILES string of the molecule is CCCNC(=O)[C@@H](c1ccccc1)N(Cc1ccc(OC)cc1)C(=O)CCc1ccc(S(=O)(=O)NC2CC2)cc1. The lowest BCUT2D eigenvalue weighted by atomic mass is 10.0. The number of rotatable bonds is 14. The third-order valence-corrected chi connectivity index (χ3v) is 8.35. The molecule has 1 saturated carbocycles. The zero-order chi connectivity index (χ0) is 28.5. The third kappa shape index (κ3) is 7.92. The smallest absolute Gasteiger partial charge is 0.247 e. The number of ether oxygens (including phenoxy) is 1. The fourth-order valence-corrected chi connectivity index (χ4v) is 5.73. The van der Waals surface area contributed by atoms with Crippen LogP contribution in [0.1, 0.15) is 55.3 Å². The molecule has 3 aromatic carbocycles. The summed E-state index contributed by atoms with van der Waals surface area (Å²) in [6.45, 7) is 2.74. The van der Waals surface area contributed by atoms with E-state index in [0.717, 1.165) is 36.0 Å². The summed E-state index contributed by atoms with van der Waals surface area (Å²) >= 11 is 0. The van der Waals surface area contributed by atoms with Crippen LogP contribution in [0.5, 0.6) is 5.75 Å². The molecular formula is C31H37N3O5S. The molecule has 0 spiro atoms. The molecule has 0 saturated heterocycles. The molecule has 212 valence electrons. The Labute approximate surface area is 236 Å². The molecule has 0 unspecified atom stereocenters. The lowest BCUT2D eigenvalue weighted by molar-refractivity contribution is -0.141. The van der Waals surface area contributed by atoms with Crippen molar-refractivity contribution in [3.05, 3.63) is 95.6 Å². The van der Waals surface area contributed by atoms with Gasteiger partial charge in [0.2, 0.25) is 21.8 Å². The topological polar surface area (TPSA) is 105 Å². The molecule has 1 fully saturated rings. The van der Waals surface area contributed by atoms with E-state index in [4.69, 9.17) is 4.74 Å². The molecule has 8 nitrogen and oxygen atoms in total. The summed E-state index contributed by atoms with van der Waals surface area (Å²) in [6.07, 6.45) is 3.08. The molecule has 3 aromatic rings. The molecule has 1 atom stereocenters. The summed E-state index contributed by atoms with van der Waals surface area (Å²) in [5.74, 6) is 0.302. The van der Waals surface area contributed by atoms with Crippen LogP contribution in [-0.2, 0) is 32.6 Å². The van der Waals surface area contributed by atoms with Gasteiger partial charge in [-0.3, -0.25) is 9.59 Å². The van der Waals surface area contributed by atoms with Crippen LogP contribution < -0.4 is 14.8 Å². The molecule has 0 bridgehead atoms. The van der Waals surface area contributed by atoms with Gasteiger partial charge in [-0.25, -0.2) is 13.1 Å². The van der Waals surface area contributed by atoms with Crippen molar-refractivity contribution in [2.24, 2.45) is 0 Å². The number of carbonyl (C=O) groups is 2. The molecule has 2 N–H and O–H groups in total. The van der Waals surface area contributed by atoms with Gasteiger partial charge in [0.05, 0.1) is 12.0 Å². The first-order valence-corrected chi connectivity index (χ1v) is 15.2. The van der Waals surface area contributed by atoms with Gasteiger partial charge < -0.3 is 15.0 Å². The summed E-state index contributed by atoms with van der Waals surface area (Å²) in [5.41, 5.74) is 2.45. The minimum Gasteiger partial charge on any atom is -0.497 e. The van der Waals surface area contributed by atoms with Crippen LogP contribution in [-0.4, -0.2) is 44.8 Å². The second-order valence-electron chi connectivity index (χ2n) is 10.0. The fourth-order valence-electron chi connectivity index (χ4n) is 4.42. The molecular weight excluding hydrogens is 526 g/mol. The summed E-state index contributed by atoms with van der Waals surface area (Å²) in [4.78, 5) is 29.1. The summed E-state index contributed by atoms with van der Waals surface area (Å²) in [7, 11) is -1.94. The average Bonchev–Trinajstić information content (AvgIpc) is 3.79. The van der Waals surface area contributed by atoms with Gasteiger partial charge in [-0.15, -0.1) is 0 Å². The van der Waals surface area contributed by atoms with Gasteiger partial charge >= 0.3 is 0 Å². The van der Waals surface area contributed by atoms with Crippen LogP contribution in [0, 0.1) is 0 Å². The quantitative estimate of drug-likeness (QED) is 0.303. The highest BCUT2D eigenvalue weighted by Crippen LogP contribution is 2.26. The van der Waals surface area contributed by atoms with E-state index >= 15 is 0 Å². The number of nitrogens with one attached hydrogen (secondary N) is 2. The Morgan fingerprint density at radius 1 is 0.950 bits per heavy atom. The first-order chi connectivity index (χ1) is 19.3. The zero-order valence-electron chi connectivity index (χ0n) is 23.0. The van der Waals surface area contributed by atoms with E-state index in [0.29, 0.717) is 18.7 Å². The van der Waals surface area contributed by atoms with Crippen molar-refractivity contribution in [3.8, 4) is 5.75 Å². The Morgan fingerprint density at radius 2 is 1.60 bits per heavy atom. The van der Waals surface area contributed by atoms with Crippen molar-refractivity contribution < 1.29 is 22.7 Å². The van der Waals surface area contributed by atoms with Crippen LogP contribution in [0.15, 0.2) is 83.8 Å². The molecule has 2 amide bonds. The number of sulfonamides is 1. The van der Waals surface area contributed by atoms with Crippen LogP contribution in [0.25, 0.3) is 0 Å². The first kappa shape index (κ1) is 29.3. The maximum Gasteiger partial charge on any atom is 0.247 e. The number of nitrogens with zero attached hydrogens (tertiary/aromatic N) is 1. The molecule has 0 heterocycles. The van der Waals surface area contributed by atoms with Gasteiger partial charge in [-0.1, -0.05) is 61.5 Å². The summed E-state index contributed by atoms with van der Waals surface area (Å²) in [6, 6.07) is 22.6. The molecule has 1 aliphatic carbocycles. The minimum absolute atomic E-state index is 0.0334. The van der Waals surface area contributed by atoms with E-state index in [-0.39, 0.29) is 35.7 Å². The first-order valence-electron chi connectivity index (χ1n) is 13.7. The number of hydrogen-bond donors (Lipinski definition) is 2. The van der Waals surface area contributed by atoms with Crippen LogP contribution in [0.3, 0.4) is 0 Å². The lowest BCUT2D eigenvalue weighted by Crippen LogP contribution is -2.43. The number of hydrogen-bond acceptors (Lipinski definition) is 5. The van der Waals surface area contributed by atoms with Gasteiger partial charge in [0.25, 0.3) is 0 Å². The van der Waals surface area contributed by atoms with Gasteiger partial charge in [-0.2, -0.15) is 0 Å². The van der Waals surface area contributed by atoms with E-state index in [1.54, 1.807) is 36.3 Å². The number of carbonyl (C=O) groups excluding carboxylic acids is 2. The van der Waals surface area contributed by atoms with Gasteiger partial charge in [0.1, 0.15) is 11.8 Å². The third-order valence-electron chi connectivity index (χ3n) is 6.82. The average molecular weight is 564 g/mol. The van der Waals surface area contributed by atoms with Crippen LogP contribution in [0.4, 0.5) is 0 Å². The van der Waals surface area contributed by atoms with E-state index in [1.807, 2.05) is 61.5 Å². The monoisotopic (exact) mass is 563 g/mol. The lowest BCUT2D eigenvalue weighted by Gasteiger charge is -2.32. The van der Waals surface area contributed by atoms with E-state index in [2.05, 4.69) is 10.0 Å². The number of methoxy groups -OCH3 is 1. The summed E-state index contributed by atoms with van der Waals surface area (Å²) < 4.78 is 32.9. The predicted octanol–water partition coefficient (Wildman–Crippen LogP) is 4.36.